The number of para-hydroxylation sites is 1. The summed E-state index contributed by atoms with van der Waals surface area (Å²) < 4.78 is 5.56. The molecule has 0 amide bonds. The summed E-state index contributed by atoms with van der Waals surface area (Å²) >= 11 is 0. The lowest BCUT2D eigenvalue weighted by atomic mass is 9.97. The maximum Gasteiger partial charge on any atom is 0.123 e. The summed E-state index contributed by atoms with van der Waals surface area (Å²) in [4.78, 5) is 4.84. The standard InChI is InChI=1S/C17H29N3O/c1-13(18)17(15-9-5-6-10-16(15)21-4)20-11-7-8-14(20)12-19(2)3/h5-6,9-10,13-14,17H,7-8,11-12,18H2,1-4H3. The van der Waals surface area contributed by atoms with Crippen molar-refractivity contribution in [2.75, 3.05) is 34.3 Å². The minimum Gasteiger partial charge on any atom is -0.496 e. The van der Waals surface area contributed by atoms with Crippen molar-refractivity contribution in [3.05, 3.63) is 29.8 Å². The second-order valence-corrected chi connectivity index (χ2v) is 6.34. The zero-order valence-electron chi connectivity index (χ0n) is 13.7. The predicted octanol–water partition coefficient (Wildman–Crippen LogP) is 2.11. The minimum atomic E-state index is 0.0732. The van der Waals surface area contributed by atoms with Gasteiger partial charge in [0.1, 0.15) is 5.75 Å². The van der Waals surface area contributed by atoms with Gasteiger partial charge in [-0.2, -0.15) is 0 Å². The van der Waals surface area contributed by atoms with Gasteiger partial charge in [-0.05, 0) is 46.5 Å². The fourth-order valence-corrected chi connectivity index (χ4v) is 3.52. The van der Waals surface area contributed by atoms with Gasteiger partial charge in [-0.3, -0.25) is 4.90 Å². The van der Waals surface area contributed by atoms with Crippen LogP contribution in [0.15, 0.2) is 24.3 Å². The fraction of sp³-hybridized carbons (Fsp3) is 0.647. The number of likely N-dealkylation sites (tertiary alicyclic amines) is 1. The molecule has 0 bridgehead atoms. The Hall–Kier alpha value is -1.10. The molecule has 0 radical (unpaired) electrons. The van der Waals surface area contributed by atoms with Crippen molar-refractivity contribution in [2.24, 2.45) is 5.73 Å². The maximum atomic E-state index is 6.35. The number of ether oxygens (including phenoxy) is 1. The lowest BCUT2D eigenvalue weighted by Gasteiger charge is -2.37. The monoisotopic (exact) mass is 291 g/mol. The quantitative estimate of drug-likeness (QED) is 0.871. The Morgan fingerprint density at radius 2 is 2.10 bits per heavy atom. The molecule has 2 N–H and O–H groups in total. The van der Waals surface area contributed by atoms with E-state index in [1.807, 2.05) is 12.1 Å². The summed E-state index contributed by atoms with van der Waals surface area (Å²) in [5, 5.41) is 0. The molecular formula is C17H29N3O. The van der Waals surface area contributed by atoms with Crippen LogP contribution in [-0.2, 0) is 0 Å². The molecule has 1 aliphatic rings. The van der Waals surface area contributed by atoms with Gasteiger partial charge in [0, 0.05) is 24.2 Å². The normalized spacial score (nSPS) is 22.5. The Morgan fingerprint density at radius 1 is 1.38 bits per heavy atom. The number of likely N-dealkylation sites (N-methyl/N-ethyl adjacent to an activating group) is 1. The van der Waals surface area contributed by atoms with Gasteiger partial charge < -0.3 is 15.4 Å². The van der Waals surface area contributed by atoms with Gasteiger partial charge in [0.2, 0.25) is 0 Å². The van der Waals surface area contributed by atoms with Gasteiger partial charge in [-0.25, -0.2) is 0 Å². The van der Waals surface area contributed by atoms with E-state index in [1.54, 1.807) is 7.11 Å². The second-order valence-electron chi connectivity index (χ2n) is 6.34. The topological polar surface area (TPSA) is 41.7 Å². The highest BCUT2D eigenvalue weighted by Gasteiger charge is 2.34. The molecule has 3 unspecified atom stereocenters. The average molecular weight is 291 g/mol. The molecule has 0 aliphatic carbocycles. The van der Waals surface area contributed by atoms with Gasteiger partial charge in [0.05, 0.1) is 13.2 Å². The first-order chi connectivity index (χ1) is 10.0. The number of hydrogen-bond acceptors (Lipinski definition) is 4. The van der Waals surface area contributed by atoms with Crippen LogP contribution in [0.25, 0.3) is 0 Å². The molecule has 2 rings (SSSR count). The highest BCUT2D eigenvalue weighted by Crippen LogP contribution is 2.35. The van der Waals surface area contributed by atoms with Crippen LogP contribution < -0.4 is 10.5 Å². The molecule has 0 aromatic heterocycles. The molecule has 0 spiro atoms. The third-order valence-corrected chi connectivity index (χ3v) is 4.31. The molecule has 4 heteroatoms. The van der Waals surface area contributed by atoms with Gasteiger partial charge in [0.25, 0.3) is 0 Å². The maximum absolute atomic E-state index is 6.35. The van der Waals surface area contributed by atoms with Gasteiger partial charge in [-0.15, -0.1) is 0 Å². The van der Waals surface area contributed by atoms with Crippen LogP contribution >= 0.6 is 0 Å². The zero-order valence-corrected chi connectivity index (χ0v) is 13.7. The van der Waals surface area contributed by atoms with Crippen molar-refractivity contribution >= 4 is 0 Å². The average Bonchev–Trinajstić information content (AvgIpc) is 2.86. The Bertz CT molecular complexity index is 447. The highest BCUT2D eigenvalue weighted by molar-refractivity contribution is 5.37. The van der Waals surface area contributed by atoms with Crippen molar-refractivity contribution in [3.63, 3.8) is 0 Å². The Morgan fingerprint density at radius 3 is 2.71 bits per heavy atom. The second kappa shape index (κ2) is 7.25. The number of hydrogen-bond donors (Lipinski definition) is 1. The number of nitrogens with zero attached hydrogens (tertiary/aromatic N) is 2. The van der Waals surface area contributed by atoms with Gasteiger partial charge in [0.15, 0.2) is 0 Å². The molecule has 1 fully saturated rings. The number of rotatable bonds is 6. The summed E-state index contributed by atoms with van der Waals surface area (Å²) in [6, 6.07) is 9.13. The molecule has 3 atom stereocenters. The summed E-state index contributed by atoms with van der Waals surface area (Å²) in [6.45, 7) is 4.29. The largest absolute Gasteiger partial charge is 0.496 e. The van der Waals surface area contributed by atoms with Crippen LogP contribution in [0, 0.1) is 0 Å². The van der Waals surface area contributed by atoms with E-state index in [2.05, 4.69) is 43.0 Å². The summed E-state index contributed by atoms with van der Waals surface area (Å²) in [7, 11) is 6.01. The van der Waals surface area contributed by atoms with Crippen molar-refractivity contribution in [1.29, 1.82) is 0 Å². The zero-order chi connectivity index (χ0) is 15.4. The molecule has 4 nitrogen and oxygen atoms in total. The Labute approximate surface area is 128 Å². The molecule has 1 aromatic rings. The van der Waals surface area contributed by atoms with Crippen molar-refractivity contribution in [3.8, 4) is 5.75 Å². The van der Waals surface area contributed by atoms with Crippen LogP contribution in [0.2, 0.25) is 0 Å². The van der Waals surface area contributed by atoms with E-state index >= 15 is 0 Å². The molecule has 1 saturated heterocycles. The van der Waals surface area contributed by atoms with Crippen LogP contribution in [0.3, 0.4) is 0 Å². The molecule has 118 valence electrons. The van der Waals surface area contributed by atoms with Crippen LogP contribution in [0.5, 0.6) is 5.75 Å². The smallest absolute Gasteiger partial charge is 0.123 e. The lowest BCUT2D eigenvalue weighted by Crippen LogP contribution is -2.45. The first-order valence-electron chi connectivity index (χ1n) is 7.83. The fourth-order valence-electron chi connectivity index (χ4n) is 3.52. The van der Waals surface area contributed by atoms with E-state index in [4.69, 9.17) is 10.5 Å². The van der Waals surface area contributed by atoms with E-state index in [1.165, 1.54) is 18.4 Å². The number of nitrogens with two attached hydrogens (primary N) is 1. The third kappa shape index (κ3) is 3.76. The number of methoxy groups -OCH3 is 1. The molecule has 1 heterocycles. The van der Waals surface area contributed by atoms with Crippen molar-refractivity contribution in [2.45, 2.75) is 37.9 Å². The van der Waals surface area contributed by atoms with Crippen molar-refractivity contribution in [1.82, 2.24) is 9.80 Å². The van der Waals surface area contributed by atoms with Crippen LogP contribution in [0.4, 0.5) is 0 Å². The molecule has 1 aromatic carbocycles. The van der Waals surface area contributed by atoms with Crippen LogP contribution in [0.1, 0.15) is 31.4 Å². The van der Waals surface area contributed by atoms with Gasteiger partial charge in [-0.1, -0.05) is 18.2 Å². The summed E-state index contributed by atoms with van der Waals surface area (Å²) in [5.74, 6) is 0.940. The first-order valence-corrected chi connectivity index (χ1v) is 7.83. The van der Waals surface area contributed by atoms with Crippen LogP contribution in [-0.4, -0.2) is 56.2 Å². The third-order valence-electron chi connectivity index (χ3n) is 4.31. The highest BCUT2D eigenvalue weighted by atomic mass is 16.5. The van der Waals surface area contributed by atoms with E-state index in [9.17, 15) is 0 Å². The lowest BCUT2D eigenvalue weighted by molar-refractivity contribution is 0.135. The van der Waals surface area contributed by atoms with Crippen molar-refractivity contribution < 1.29 is 4.74 Å². The summed E-state index contributed by atoms with van der Waals surface area (Å²) in [5.41, 5.74) is 7.56. The first kappa shape index (κ1) is 16.3. The Kier molecular flexibility index (Phi) is 5.62. The van der Waals surface area contributed by atoms with E-state index in [0.29, 0.717) is 6.04 Å². The van der Waals surface area contributed by atoms with E-state index in [-0.39, 0.29) is 12.1 Å². The molecule has 0 saturated carbocycles. The predicted molar refractivity (Wildman–Crippen MR) is 87.7 cm³/mol. The van der Waals surface area contributed by atoms with E-state index < -0.39 is 0 Å². The summed E-state index contributed by atoms with van der Waals surface area (Å²) in [6.07, 6.45) is 2.49. The minimum absolute atomic E-state index is 0.0732. The number of benzene rings is 1. The van der Waals surface area contributed by atoms with E-state index in [0.717, 1.165) is 18.8 Å². The SMILES string of the molecule is COc1ccccc1C(C(C)N)N1CCCC1CN(C)C. The molecule has 1 aliphatic heterocycles. The molecule has 21 heavy (non-hydrogen) atoms. The Balaban J connectivity index is 2.30. The van der Waals surface area contributed by atoms with Gasteiger partial charge >= 0.3 is 0 Å². The molecular weight excluding hydrogens is 262 g/mol.